The summed E-state index contributed by atoms with van der Waals surface area (Å²) in [6.45, 7) is 7.30. The van der Waals surface area contributed by atoms with Crippen LogP contribution in [0.2, 0.25) is 0 Å². The Labute approximate surface area is 105 Å². The molecule has 0 amide bonds. The highest BCUT2D eigenvalue weighted by atomic mass is 16.5. The molecule has 1 aliphatic rings. The number of carbonyl (C=O) groups excluding carboxylic acids is 1. The molecule has 2 atom stereocenters. The fourth-order valence-electron chi connectivity index (χ4n) is 1.84. The van der Waals surface area contributed by atoms with Crippen molar-refractivity contribution >= 4 is 5.97 Å². The van der Waals surface area contributed by atoms with Gasteiger partial charge in [0.1, 0.15) is 6.04 Å². The number of methoxy groups -OCH3 is 1. The summed E-state index contributed by atoms with van der Waals surface area (Å²) < 4.78 is 4.85. The number of esters is 1. The lowest BCUT2D eigenvalue weighted by molar-refractivity contribution is -0.143. The average molecular weight is 242 g/mol. The van der Waals surface area contributed by atoms with Gasteiger partial charge in [0.05, 0.1) is 7.11 Å². The van der Waals surface area contributed by atoms with Gasteiger partial charge in [-0.2, -0.15) is 0 Å². The number of rotatable bonds is 7. The van der Waals surface area contributed by atoms with Crippen LogP contribution in [0.5, 0.6) is 0 Å². The van der Waals surface area contributed by atoms with Crippen molar-refractivity contribution in [3.8, 4) is 0 Å². The molecule has 1 aliphatic carbocycles. The molecular weight excluding hydrogens is 216 g/mol. The molecule has 0 aromatic rings. The molecule has 2 unspecified atom stereocenters. The van der Waals surface area contributed by atoms with E-state index in [2.05, 4.69) is 38.0 Å². The van der Waals surface area contributed by atoms with E-state index >= 15 is 0 Å². The molecule has 0 radical (unpaired) electrons. The topological polar surface area (TPSA) is 41.6 Å². The molecule has 1 fully saturated rings. The number of hydrogen-bond donors (Lipinski definition) is 1. The highest BCUT2D eigenvalue weighted by Gasteiger charge is 2.30. The first-order valence-corrected chi connectivity index (χ1v) is 6.49. The maximum absolute atomic E-state index is 11.7. The molecule has 4 nitrogen and oxygen atoms in total. The minimum absolute atomic E-state index is 0.153. The molecule has 1 saturated carbocycles. The zero-order valence-electron chi connectivity index (χ0n) is 11.7. The first kappa shape index (κ1) is 14.5. The maximum atomic E-state index is 11.7. The Morgan fingerprint density at radius 2 is 2.00 bits per heavy atom. The van der Waals surface area contributed by atoms with Crippen LogP contribution in [-0.4, -0.2) is 49.7 Å². The van der Waals surface area contributed by atoms with E-state index in [0.717, 1.165) is 0 Å². The van der Waals surface area contributed by atoms with Crippen molar-refractivity contribution in [1.29, 1.82) is 0 Å². The van der Waals surface area contributed by atoms with Crippen molar-refractivity contribution in [3.05, 3.63) is 0 Å². The van der Waals surface area contributed by atoms with E-state index in [1.807, 2.05) is 0 Å². The quantitative estimate of drug-likeness (QED) is 0.682. The minimum Gasteiger partial charge on any atom is -0.468 e. The van der Waals surface area contributed by atoms with E-state index in [4.69, 9.17) is 4.74 Å². The van der Waals surface area contributed by atoms with Gasteiger partial charge in [-0.3, -0.25) is 4.79 Å². The fraction of sp³-hybridized carbons (Fsp3) is 0.923. The van der Waals surface area contributed by atoms with Gasteiger partial charge >= 0.3 is 5.97 Å². The number of nitrogens with one attached hydrogen (secondary N) is 1. The summed E-state index contributed by atoms with van der Waals surface area (Å²) in [6, 6.07) is 0.781. The summed E-state index contributed by atoms with van der Waals surface area (Å²) in [4.78, 5) is 13.9. The Kier molecular flexibility index (Phi) is 5.40. The van der Waals surface area contributed by atoms with E-state index in [-0.39, 0.29) is 12.0 Å². The van der Waals surface area contributed by atoms with Gasteiger partial charge in [-0.05, 0) is 32.7 Å². The van der Waals surface area contributed by atoms with Crippen LogP contribution < -0.4 is 5.32 Å². The molecule has 1 N–H and O–H groups in total. The predicted molar refractivity (Wildman–Crippen MR) is 68.9 cm³/mol. The van der Waals surface area contributed by atoms with E-state index < -0.39 is 0 Å². The molecule has 4 heteroatoms. The van der Waals surface area contributed by atoms with Crippen LogP contribution in [0.4, 0.5) is 0 Å². The van der Waals surface area contributed by atoms with Crippen molar-refractivity contribution in [1.82, 2.24) is 10.2 Å². The smallest absolute Gasteiger partial charge is 0.324 e. The van der Waals surface area contributed by atoms with Gasteiger partial charge in [-0.1, -0.05) is 13.8 Å². The van der Waals surface area contributed by atoms with Crippen LogP contribution in [-0.2, 0) is 9.53 Å². The molecular formula is C13H26N2O2. The highest BCUT2D eigenvalue weighted by molar-refractivity contribution is 5.76. The summed E-state index contributed by atoms with van der Waals surface area (Å²) >= 11 is 0. The Balaban J connectivity index is 2.48. The van der Waals surface area contributed by atoms with Crippen LogP contribution in [0.25, 0.3) is 0 Å². The number of hydrogen-bond acceptors (Lipinski definition) is 4. The van der Waals surface area contributed by atoms with Crippen LogP contribution in [0, 0.1) is 5.92 Å². The van der Waals surface area contributed by atoms with Gasteiger partial charge in [0.25, 0.3) is 0 Å². The van der Waals surface area contributed by atoms with Crippen molar-refractivity contribution in [2.45, 2.75) is 51.7 Å². The normalized spacial score (nSPS) is 19.5. The lowest BCUT2D eigenvalue weighted by Gasteiger charge is -2.30. The molecule has 100 valence electrons. The van der Waals surface area contributed by atoms with Gasteiger partial charge in [0, 0.05) is 18.6 Å². The lowest BCUT2D eigenvalue weighted by atomic mass is 10.0. The van der Waals surface area contributed by atoms with E-state index in [0.29, 0.717) is 24.5 Å². The summed E-state index contributed by atoms with van der Waals surface area (Å²) in [5, 5.41) is 3.35. The number of nitrogens with zero attached hydrogens (tertiary/aromatic N) is 1. The fourth-order valence-corrected chi connectivity index (χ4v) is 1.84. The summed E-state index contributed by atoms with van der Waals surface area (Å²) in [6.07, 6.45) is 2.36. The third-order valence-corrected chi connectivity index (χ3v) is 3.63. The van der Waals surface area contributed by atoms with Crippen LogP contribution in [0.1, 0.15) is 33.6 Å². The predicted octanol–water partition coefficient (Wildman–Crippen LogP) is 1.26. The summed E-state index contributed by atoms with van der Waals surface area (Å²) in [5.41, 5.74) is 0. The van der Waals surface area contributed by atoms with Gasteiger partial charge < -0.3 is 15.0 Å². The summed E-state index contributed by atoms with van der Waals surface area (Å²) in [5.74, 6) is 0.430. The first-order chi connectivity index (χ1) is 7.95. The van der Waals surface area contributed by atoms with Crippen molar-refractivity contribution < 1.29 is 9.53 Å². The Bertz CT molecular complexity index is 252. The van der Waals surface area contributed by atoms with Crippen LogP contribution >= 0.6 is 0 Å². The number of ether oxygens (including phenoxy) is 1. The Hall–Kier alpha value is -0.610. The first-order valence-electron chi connectivity index (χ1n) is 6.49. The second-order valence-electron chi connectivity index (χ2n) is 5.44. The summed E-state index contributed by atoms with van der Waals surface area (Å²) in [7, 11) is 3.52. The minimum atomic E-state index is -0.196. The van der Waals surface area contributed by atoms with Crippen molar-refractivity contribution in [2.75, 3.05) is 20.7 Å². The number of likely N-dealkylation sites (N-methyl/N-ethyl adjacent to an activating group) is 1. The SMILES string of the molecule is COC(=O)C(CN(C)C(C)C(C)C)NC1CC1. The third-order valence-electron chi connectivity index (χ3n) is 3.63. The molecule has 0 aliphatic heterocycles. The maximum Gasteiger partial charge on any atom is 0.324 e. The highest BCUT2D eigenvalue weighted by Crippen LogP contribution is 2.20. The van der Waals surface area contributed by atoms with Crippen molar-refractivity contribution in [3.63, 3.8) is 0 Å². The van der Waals surface area contributed by atoms with Gasteiger partial charge in [-0.25, -0.2) is 0 Å². The Morgan fingerprint density at radius 1 is 1.41 bits per heavy atom. The molecule has 0 aromatic carbocycles. The average Bonchev–Trinajstić information content (AvgIpc) is 3.09. The molecule has 17 heavy (non-hydrogen) atoms. The lowest BCUT2D eigenvalue weighted by Crippen LogP contribution is -2.49. The van der Waals surface area contributed by atoms with Crippen LogP contribution in [0.15, 0.2) is 0 Å². The molecule has 0 saturated heterocycles. The second kappa shape index (κ2) is 6.36. The molecule has 0 bridgehead atoms. The Morgan fingerprint density at radius 3 is 2.41 bits per heavy atom. The van der Waals surface area contributed by atoms with Gasteiger partial charge in [0.2, 0.25) is 0 Å². The van der Waals surface area contributed by atoms with Gasteiger partial charge in [-0.15, -0.1) is 0 Å². The van der Waals surface area contributed by atoms with Gasteiger partial charge in [0.15, 0.2) is 0 Å². The molecule has 0 spiro atoms. The zero-order valence-corrected chi connectivity index (χ0v) is 11.7. The van der Waals surface area contributed by atoms with E-state index in [1.165, 1.54) is 20.0 Å². The zero-order chi connectivity index (χ0) is 13.0. The standard InChI is InChI=1S/C13H26N2O2/c1-9(2)10(3)15(4)8-12(13(16)17-5)14-11-6-7-11/h9-12,14H,6-8H2,1-5H3. The van der Waals surface area contributed by atoms with Crippen molar-refractivity contribution in [2.24, 2.45) is 5.92 Å². The van der Waals surface area contributed by atoms with E-state index in [1.54, 1.807) is 0 Å². The number of carbonyl (C=O) groups is 1. The molecule has 0 aromatic heterocycles. The van der Waals surface area contributed by atoms with E-state index in [9.17, 15) is 4.79 Å². The third kappa shape index (κ3) is 4.64. The largest absolute Gasteiger partial charge is 0.468 e. The van der Waals surface area contributed by atoms with Crippen LogP contribution in [0.3, 0.4) is 0 Å². The monoisotopic (exact) mass is 242 g/mol. The molecule has 0 heterocycles. The molecule has 1 rings (SSSR count). The second-order valence-corrected chi connectivity index (χ2v) is 5.44.